The predicted molar refractivity (Wildman–Crippen MR) is 82.9 cm³/mol. The first-order valence-electron chi connectivity index (χ1n) is 6.59. The maximum absolute atomic E-state index is 12.4. The number of amides is 1. The summed E-state index contributed by atoms with van der Waals surface area (Å²) in [6.45, 7) is 0.620. The van der Waals surface area contributed by atoms with Crippen LogP contribution in [-0.4, -0.2) is 36.5 Å². The van der Waals surface area contributed by atoms with Gasteiger partial charge < -0.3 is 9.64 Å². The first-order chi connectivity index (χ1) is 10.1. The lowest BCUT2D eigenvalue weighted by molar-refractivity contribution is 0.0793. The minimum absolute atomic E-state index is 0.0856. The third kappa shape index (κ3) is 3.95. The summed E-state index contributed by atoms with van der Waals surface area (Å²) in [6, 6.07) is 8.91. The van der Waals surface area contributed by atoms with E-state index in [1.807, 2.05) is 12.1 Å². The molecule has 0 saturated heterocycles. The molecule has 1 aromatic carbocycles. The van der Waals surface area contributed by atoms with E-state index in [1.54, 1.807) is 42.5 Å². The van der Waals surface area contributed by atoms with Crippen molar-refractivity contribution in [1.82, 2.24) is 9.88 Å². The summed E-state index contributed by atoms with van der Waals surface area (Å²) < 4.78 is 5.22. The molecule has 1 aromatic heterocycles. The van der Waals surface area contributed by atoms with Crippen molar-refractivity contribution in [1.29, 1.82) is 0 Å². The van der Waals surface area contributed by atoms with Gasteiger partial charge in [0.05, 0.1) is 12.7 Å². The van der Waals surface area contributed by atoms with Crippen LogP contribution in [0.5, 0.6) is 5.75 Å². The first-order valence-corrected chi connectivity index (χ1v) is 6.97. The van der Waals surface area contributed by atoms with E-state index in [1.165, 1.54) is 7.11 Å². The van der Waals surface area contributed by atoms with Crippen molar-refractivity contribution >= 4 is 17.5 Å². The molecular formula is C16H17ClN2O2. The SMILES string of the molecule is COc1cc(Cl)ccc1C(=O)N(C)CCc1ccncc1. The van der Waals surface area contributed by atoms with E-state index in [0.717, 1.165) is 12.0 Å². The van der Waals surface area contributed by atoms with Gasteiger partial charge in [-0.3, -0.25) is 9.78 Å². The van der Waals surface area contributed by atoms with Crippen LogP contribution in [0, 0.1) is 0 Å². The number of benzene rings is 1. The van der Waals surface area contributed by atoms with Crippen LogP contribution in [0.1, 0.15) is 15.9 Å². The monoisotopic (exact) mass is 304 g/mol. The van der Waals surface area contributed by atoms with Crippen molar-refractivity contribution in [3.63, 3.8) is 0 Å². The molecule has 0 fully saturated rings. The summed E-state index contributed by atoms with van der Waals surface area (Å²) in [6.07, 6.45) is 4.28. The molecule has 2 rings (SSSR count). The zero-order valence-corrected chi connectivity index (χ0v) is 12.8. The molecule has 4 nitrogen and oxygen atoms in total. The average molecular weight is 305 g/mol. The lowest BCUT2D eigenvalue weighted by atomic mass is 10.1. The van der Waals surface area contributed by atoms with E-state index in [0.29, 0.717) is 22.9 Å². The highest BCUT2D eigenvalue weighted by molar-refractivity contribution is 6.30. The minimum Gasteiger partial charge on any atom is -0.496 e. The van der Waals surface area contributed by atoms with Crippen LogP contribution in [0.15, 0.2) is 42.7 Å². The molecule has 0 radical (unpaired) electrons. The van der Waals surface area contributed by atoms with E-state index in [2.05, 4.69) is 4.98 Å². The Balaban J connectivity index is 2.05. The lowest BCUT2D eigenvalue weighted by Gasteiger charge is -2.18. The van der Waals surface area contributed by atoms with E-state index < -0.39 is 0 Å². The van der Waals surface area contributed by atoms with Gasteiger partial charge in [0, 0.05) is 31.0 Å². The second-order valence-electron chi connectivity index (χ2n) is 4.68. The fourth-order valence-corrected chi connectivity index (χ4v) is 2.16. The van der Waals surface area contributed by atoms with Crippen molar-refractivity contribution in [3.05, 3.63) is 58.9 Å². The Bertz CT molecular complexity index is 617. The Morgan fingerprint density at radius 2 is 2.00 bits per heavy atom. The van der Waals surface area contributed by atoms with Crippen LogP contribution in [0.3, 0.4) is 0 Å². The van der Waals surface area contributed by atoms with Crippen LogP contribution in [0.25, 0.3) is 0 Å². The molecule has 5 heteroatoms. The van der Waals surface area contributed by atoms with Gasteiger partial charge in [0.15, 0.2) is 0 Å². The number of carbonyl (C=O) groups is 1. The number of halogens is 1. The normalized spacial score (nSPS) is 10.2. The molecule has 0 bridgehead atoms. The van der Waals surface area contributed by atoms with Gasteiger partial charge in [0.25, 0.3) is 5.91 Å². The number of aromatic nitrogens is 1. The molecule has 1 heterocycles. The molecule has 21 heavy (non-hydrogen) atoms. The number of rotatable bonds is 5. The molecule has 0 saturated carbocycles. The van der Waals surface area contributed by atoms with Gasteiger partial charge in [0.2, 0.25) is 0 Å². The van der Waals surface area contributed by atoms with Gasteiger partial charge in [-0.25, -0.2) is 0 Å². The number of ether oxygens (including phenoxy) is 1. The molecule has 2 aromatic rings. The largest absolute Gasteiger partial charge is 0.496 e. The molecule has 0 spiro atoms. The number of hydrogen-bond acceptors (Lipinski definition) is 3. The summed E-state index contributed by atoms with van der Waals surface area (Å²) in [5.41, 5.74) is 1.66. The van der Waals surface area contributed by atoms with E-state index in [4.69, 9.17) is 16.3 Å². The fraction of sp³-hybridized carbons (Fsp3) is 0.250. The summed E-state index contributed by atoms with van der Waals surface area (Å²) >= 11 is 5.91. The van der Waals surface area contributed by atoms with Crippen molar-refractivity contribution in [2.45, 2.75) is 6.42 Å². The zero-order valence-electron chi connectivity index (χ0n) is 12.0. The van der Waals surface area contributed by atoms with Crippen molar-refractivity contribution in [3.8, 4) is 5.75 Å². The number of hydrogen-bond donors (Lipinski definition) is 0. The Morgan fingerprint density at radius 3 is 2.67 bits per heavy atom. The predicted octanol–water partition coefficient (Wildman–Crippen LogP) is 3.06. The van der Waals surface area contributed by atoms with Crippen molar-refractivity contribution in [2.24, 2.45) is 0 Å². The maximum atomic E-state index is 12.4. The molecule has 0 aliphatic carbocycles. The Hall–Kier alpha value is -2.07. The smallest absolute Gasteiger partial charge is 0.257 e. The first kappa shape index (κ1) is 15.3. The minimum atomic E-state index is -0.0856. The fourth-order valence-electron chi connectivity index (χ4n) is 2.00. The van der Waals surface area contributed by atoms with Gasteiger partial charge in [-0.1, -0.05) is 11.6 Å². The van der Waals surface area contributed by atoms with E-state index in [9.17, 15) is 4.79 Å². The molecule has 0 unspecified atom stereocenters. The molecular weight excluding hydrogens is 288 g/mol. The molecule has 1 amide bonds. The number of likely N-dealkylation sites (N-methyl/N-ethyl adjacent to an activating group) is 1. The quantitative estimate of drug-likeness (QED) is 0.852. The Labute approximate surface area is 129 Å². The van der Waals surface area contributed by atoms with Crippen molar-refractivity contribution < 1.29 is 9.53 Å². The molecule has 0 aliphatic heterocycles. The standard InChI is InChI=1S/C16H17ClN2O2/c1-19(10-7-12-5-8-18-9-6-12)16(20)14-4-3-13(17)11-15(14)21-2/h3-6,8-9,11H,7,10H2,1-2H3. The highest BCUT2D eigenvalue weighted by atomic mass is 35.5. The molecule has 0 atom stereocenters. The van der Waals surface area contributed by atoms with Gasteiger partial charge >= 0.3 is 0 Å². The lowest BCUT2D eigenvalue weighted by Crippen LogP contribution is -2.29. The van der Waals surface area contributed by atoms with E-state index in [-0.39, 0.29) is 5.91 Å². The molecule has 110 valence electrons. The van der Waals surface area contributed by atoms with Crippen LogP contribution in [0.2, 0.25) is 5.02 Å². The second kappa shape index (κ2) is 7.09. The number of methoxy groups -OCH3 is 1. The highest BCUT2D eigenvalue weighted by Crippen LogP contribution is 2.24. The zero-order chi connectivity index (χ0) is 15.2. The topological polar surface area (TPSA) is 42.4 Å². The summed E-state index contributed by atoms with van der Waals surface area (Å²) in [4.78, 5) is 18.1. The average Bonchev–Trinajstić information content (AvgIpc) is 2.52. The highest BCUT2D eigenvalue weighted by Gasteiger charge is 2.16. The molecule has 0 N–H and O–H groups in total. The van der Waals surface area contributed by atoms with Gasteiger partial charge in [-0.2, -0.15) is 0 Å². The van der Waals surface area contributed by atoms with Crippen LogP contribution in [-0.2, 0) is 6.42 Å². The Kier molecular flexibility index (Phi) is 5.17. The number of pyridine rings is 1. The van der Waals surface area contributed by atoms with Gasteiger partial charge in [0.1, 0.15) is 5.75 Å². The summed E-state index contributed by atoms with van der Waals surface area (Å²) in [5.74, 6) is 0.404. The third-order valence-corrected chi connectivity index (χ3v) is 3.46. The Morgan fingerprint density at radius 1 is 1.29 bits per heavy atom. The summed E-state index contributed by atoms with van der Waals surface area (Å²) in [5, 5.41) is 0.544. The molecule has 0 aliphatic rings. The van der Waals surface area contributed by atoms with Crippen LogP contribution in [0.4, 0.5) is 0 Å². The maximum Gasteiger partial charge on any atom is 0.257 e. The van der Waals surface area contributed by atoms with Gasteiger partial charge in [-0.05, 0) is 42.3 Å². The number of carbonyl (C=O) groups excluding carboxylic acids is 1. The second-order valence-corrected chi connectivity index (χ2v) is 5.11. The van der Waals surface area contributed by atoms with E-state index >= 15 is 0 Å². The van der Waals surface area contributed by atoms with Crippen molar-refractivity contribution in [2.75, 3.05) is 20.7 Å². The van der Waals surface area contributed by atoms with Crippen LogP contribution >= 0.6 is 11.6 Å². The summed E-state index contributed by atoms with van der Waals surface area (Å²) in [7, 11) is 3.30. The third-order valence-electron chi connectivity index (χ3n) is 3.23. The number of nitrogens with zero attached hydrogens (tertiary/aromatic N) is 2. The van der Waals surface area contributed by atoms with Crippen LogP contribution < -0.4 is 4.74 Å². The van der Waals surface area contributed by atoms with Gasteiger partial charge in [-0.15, -0.1) is 0 Å².